The summed E-state index contributed by atoms with van der Waals surface area (Å²) in [6, 6.07) is 18.9. The first-order valence-corrected chi connectivity index (χ1v) is 7.94. The number of hydrogen-bond donors (Lipinski definition) is 0. The van der Waals surface area contributed by atoms with E-state index in [1.165, 1.54) is 0 Å². The third-order valence-electron chi connectivity index (χ3n) is 4.01. The summed E-state index contributed by atoms with van der Waals surface area (Å²) < 4.78 is 1.79. The number of benzene rings is 2. The van der Waals surface area contributed by atoms with Crippen LogP contribution in [0.5, 0.6) is 0 Å². The van der Waals surface area contributed by atoms with Crippen molar-refractivity contribution in [3.05, 3.63) is 88.8 Å². The van der Waals surface area contributed by atoms with E-state index in [1.807, 2.05) is 56.3 Å². The van der Waals surface area contributed by atoms with E-state index in [0.29, 0.717) is 16.8 Å². The van der Waals surface area contributed by atoms with Crippen LogP contribution in [0.1, 0.15) is 32.9 Å². The molecule has 1 heterocycles. The highest BCUT2D eigenvalue weighted by atomic mass is 16.1. The molecule has 0 aliphatic carbocycles. The summed E-state index contributed by atoms with van der Waals surface area (Å²) in [6.07, 6.45) is 3.30. The summed E-state index contributed by atoms with van der Waals surface area (Å²) in [4.78, 5) is 12.6. The Morgan fingerprint density at radius 1 is 1.08 bits per heavy atom. The van der Waals surface area contributed by atoms with E-state index >= 15 is 0 Å². The molecule has 0 atom stereocenters. The molecule has 0 radical (unpaired) electrons. The molecule has 0 aliphatic heterocycles. The van der Waals surface area contributed by atoms with Crippen LogP contribution in [-0.4, -0.2) is 15.6 Å². The van der Waals surface area contributed by atoms with E-state index in [4.69, 9.17) is 5.26 Å². The van der Waals surface area contributed by atoms with Crippen molar-refractivity contribution >= 4 is 11.9 Å². The zero-order valence-corrected chi connectivity index (χ0v) is 14.1. The first-order valence-electron chi connectivity index (χ1n) is 7.94. The Labute approximate surface area is 146 Å². The van der Waals surface area contributed by atoms with Crippen molar-refractivity contribution in [1.82, 2.24) is 9.78 Å². The Morgan fingerprint density at radius 3 is 2.40 bits per heavy atom. The molecular weight excluding hydrogens is 310 g/mol. The van der Waals surface area contributed by atoms with Gasteiger partial charge in [-0.1, -0.05) is 36.4 Å². The fraction of sp³-hybridized carbons (Fsp3) is 0.0952. The van der Waals surface area contributed by atoms with Crippen molar-refractivity contribution in [2.75, 3.05) is 0 Å². The molecule has 0 amide bonds. The Balaban J connectivity index is 1.88. The first-order chi connectivity index (χ1) is 12.1. The van der Waals surface area contributed by atoms with Crippen molar-refractivity contribution in [3.8, 4) is 11.8 Å². The van der Waals surface area contributed by atoms with Crippen molar-refractivity contribution < 1.29 is 4.79 Å². The predicted octanol–water partition coefficient (Wildman–Crippen LogP) is 4.26. The summed E-state index contributed by atoms with van der Waals surface area (Å²) in [6.45, 7) is 3.74. The summed E-state index contributed by atoms with van der Waals surface area (Å²) >= 11 is 0. The van der Waals surface area contributed by atoms with E-state index in [2.05, 4.69) is 11.2 Å². The minimum Gasteiger partial charge on any atom is -0.289 e. The second kappa shape index (κ2) is 6.98. The van der Waals surface area contributed by atoms with E-state index in [9.17, 15) is 4.79 Å². The normalized spacial score (nSPS) is 10.8. The average molecular weight is 327 g/mol. The second-order valence-corrected chi connectivity index (χ2v) is 5.72. The Morgan fingerprint density at radius 2 is 1.76 bits per heavy atom. The van der Waals surface area contributed by atoms with Gasteiger partial charge in [-0.3, -0.25) is 4.79 Å². The van der Waals surface area contributed by atoms with Crippen molar-refractivity contribution in [1.29, 1.82) is 5.26 Å². The van der Waals surface area contributed by atoms with Gasteiger partial charge in [0, 0.05) is 0 Å². The van der Waals surface area contributed by atoms with Crippen molar-refractivity contribution in [3.63, 3.8) is 0 Å². The number of carbonyl (C=O) groups excluding carboxylic acids is 1. The van der Waals surface area contributed by atoms with Gasteiger partial charge in [-0.2, -0.15) is 10.4 Å². The molecule has 0 saturated carbocycles. The Hall–Kier alpha value is -3.45. The molecule has 0 bridgehead atoms. The second-order valence-electron chi connectivity index (χ2n) is 5.72. The maximum atomic E-state index is 12.6. The molecular formula is C21H17N3O. The number of para-hydroxylation sites is 1. The van der Waals surface area contributed by atoms with Crippen LogP contribution >= 0.6 is 0 Å². The van der Waals surface area contributed by atoms with Crippen LogP contribution in [0.2, 0.25) is 0 Å². The van der Waals surface area contributed by atoms with Gasteiger partial charge < -0.3 is 0 Å². The minimum absolute atomic E-state index is 0.0819. The van der Waals surface area contributed by atoms with Gasteiger partial charge in [-0.05, 0) is 49.8 Å². The van der Waals surface area contributed by atoms with Crippen LogP contribution < -0.4 is 0 Å². The van der Waals surface area contributed by atoms with Gasteiger partial charge in [0.05, 0.1) is 34.3 Å². The van der Waals surface area contributed by atoms with Gasteiger partial charge in [0.1, 0.15) is 0 Å². The lowest BCUT2D eigenvalue weighted by Crippen LogP contribution is -2.01. The fourth-order valence-corrected chi connectivity index (χ4v) is 2.74. The highest BCUT2D eigenvalue weighted by Gasteiger charge is 2.17. The van der Waals surface area contributed by atoms with Crippen LogP contribution in [0.4, 0.5) is 0 Å². The average Bonchev–Trinajstić information content (AvgIpc) is 2.95. The SMILES string of the molecule is Cc1nn(-c2ccccc2)c(C)c1C(=O)/C=C/c1ccc(C#N)cc1. The largest absolute Gasteiger partial charge is 0.289 e. The Bertz CT molecular complexity index is 974. The number of allylic oxidation sites excluding steroid dienone is 1. The highest BCUT2D eigenvalue weighted by Crippen LogP contribution is 2.19. The molecule has 4 nitrogen and oxygen atoms in total. The molecule has 0 unspecified atom stereocenters. The lowest BCUT2D eigenvalue weighted by atomic mass is 10.1. The van der Waals surface area contributed by atoms with Gasteiger partial charge in [0.15, 0.2) is 5.78 Å². The van der Waals surface area contributed by atoms with Crippen LogP contribution in [0.3, 0.4) is 0 Å². The molecule has 122 valence electrons. The maximum Gasteiger partial charge on any atom is 0.189 e. The highest BCUT2D eigenvalue weighted by molar-refractivity contribution is 6.08. The first kappa shape index (κ1) is 16.4. The molecule has 3 rings (SSSR count). The van der Waals surface area contributed by atoms with E-state index < -0.39 is 0 Å². The molecule has 25 heavy (non-hydrogen) atoms. The fourth-order valence-electron chi connectivity index (χ4n) is 2.74. The lowest BCUT2D eigenvalue weighted by molar-refractivity contribution is 0.104. The number of ketones is 1. The number of nitrogens with zero attached hydrogens (tertiary/aromatic N) is 3. The summed E-state index contributed by atoms with van der Waals surface area (Å²) in [7, 11) is 0. The van der Waals surface area contributed by atoms with Gasteiger partial charge in [-0.15, -0.1) is 0 Å². The third kappa shape index (κ3) is 3.41. The number of hydrogen-bond acceptors (Lipinski definition) is 3. The zero-order chi connectivity index (χ0) is 17.8. The van der Waals surface area contributed by atoms with Crippen LogP contribution in [0, 0.1) is 25.2 Å². The quantitative estimate of drug-likeness (QED) is 0.531. The molecule has 0 saturated heterocycles. The molecule has 1 aromatic heterocycles. The summed E-state index contributed by atoms with van der Waals surface area (Å²) in [5, 5.41) is 13.3. The van der Waals surface area contributed by atoms with Gasteiger partial charge in [0.25, 0.3) is 0 Å². The lowest BCUT2D eigenvalue weighted by Gasteiger charge is -2.04. The molecule has 0 aliphatic rings. The third-order valence-corrected chi connectivity index (χ3v) is 4.01. The minimum atomic E-state index is -0.0819. The summed E-state index contributed by atoms with van der Waals surface area (Å²) in [5.74, 6) is -0.0819. The van der Waals surface area contributed by atoms with Gasteiger partial charge in [-0.25, -0.2) is 4.68 Å². The predicted molar refractivity (Wildman–Crippen MR) is 97.6 cm³/mol. The van der Waals surface area contributed by atoms with Crippen molar-refractivity contribution in [2.24, 2.45) is 0 Å². The number of rotatable bonds is 4. The van der Waals surface area contributed by atoms with Crippen molar-refractivity contribution in [2.45, 2.75) is 13.8 Å². The standard InChI is InChI=1S/C21H17N3O/c1-15-21(16(2)24(23-15)19-6-4-3-5-7-19)20(25)13-12-17-8-10-18(14-22)11-9-17/h3-13H,1-2H3/b13-12+. The number of carbonyl (C=O) groups is 1. The van der Waals surface area contributed by atoms with Crippen LogP contribution in [0.25, 0.3) is 11.8 Å². The smallest absolute Gasteiger partial charge is 0.189 e. The topological polar surface area (TPSA) is 58.7 Å². The zero-order valence-electron chi connectivity index (χ0n) is 14.1. The molecule has 0 N–H and O–H groups in total. The summed E-state index contributed by atoms with van der Waals surface area (Å²) in [5.41, 5.74) is 4.54. The number of aromatic nitrogens is 2. The number of nitriles is 1. The maximum absolute atomic E-state index is 12.6. The molecule has 0 spiro atoms. The van der Waals surface area contributed by atoms with Gasteiger partial charge in [0.2, 0.25) is 0 Å². The molecule has 4 heteroatoms. The number of aryl methyl sites for hydroxylation is 1. The monoisotopic (exact) mass is 327 g/mol. The van der Waals surface area contributed by atoms with Crippen LogP contribution in [0.15, 0.2) is 60.7 Å². The molecule has 2 aromatic carbocycles. The van der Waals surface area contributed by atoms with E-state index in [0.717, 1.165) is 16.9 Å². The van der Waals surface area contributed by atoms with Gasteiger partial charge >= 0.3 is 0 Å². The molecule has 0 fully saturated rings. The van der Waals surface area contributed by atoms with E-state index in [-0.39, 0.29) is 5.78 Å². The van der Waals surface area contributed by atoms with Crippen LogP contribution in [-0.2, 0) is 0 Å². The Kier molecular flexibility index (Phi) is 4.58. The van der Waals surface area contributed by atoms with E-state index in [1.54, 1.807) is 29.0 Å². The molecule has 3 aromatic rings.